The fourth-order valence-corrected chi connectivity index (χ4v) is 3.91. The minimum absolute atomic E-state index is 0.179. The molecule has 0 fully saturated rings. The van der Waals surface area contributed by atoms with Gasteiger partial charge in [-0.2, -0.15) is 0 Å². The van der Waals surface area contributed by atoms with Gasteiger partial charge in [-0.3, -0.25) is 9.59 Å². The third-order valence-electron chi connectivity index (χ3n) is 4.44. The summed E-state index contributed by atoms with van der Waals surface area (Å²) in [6, 6.07) is 10.4. The largest absolute Gasteiger partial charge is 0.494 e. The van der Waals surface area contributed by atoms with Gasteiger partial charge in [0.15, 0.2) is 5.60 Å². The summed E-state index contributed by atoms with van der Waals surface area (Å²) in [7, 11) is 0. The second-order valence-electron chi connectivity index (χ2n) is 6.46. The highest BCUT2D eigenvalue weighted by atomic mass is 35.5. The van der Waals surface area contributed by atoms with Crippen molar-refractivity contribution in [3.63, 3.8) is 0 Å². The molecule has 0 bridgehead atoms. The number of halogens is 2. The molecule has 1 amide bonds. The van der Waals surface area contributed by atoms with Gasteiger partial charge in [0.25, 0.3) is 5.91 Å². The van der Waals surface area contributed by atoms with Crippen molar-refractivity contribution in [1.29, 1.82) is 0 Å². The third kappa shape index (κ3) is 3.55. The van der Waals surface area contributed by atoms with Crippen LogP contribution in [-0.2, 0) is 21.7 Å². The average Bonchev–Trinajstić information content (AvgIpc) is 2.82. The number of amides is 1. The van der Waals surface area contributed by atoms with Gasteiger partial charge in [-0.25, -0.2) is 0 Å². The number of nitrogens with zero attached hydrogens (tertiary/aromatic N) is 1. The molecule has 0 saturated heterocycles. The minimum atomic E-state index is -2.02. The van der Waals surface area contributed by atoms with Crippen LogP contribution in [0.25, 0.3) is 0 Å². The van der Waals surface area contributed by atoms with Crippen LogP contribution < -0.4 is 9.64 Å². The highest BCUT2D eigenvalue weighted by molar-refractivity contribution is 6.38. The topological polar surface area (TPSA) is 66.8 Å². The van der Waals surface area contributed by atoms with Crippen LogP contribution in [0.15, 0.2) is 36.4 Å². The van der Waals surface area contributed by atoms with Gasteiger partial charge in [-0.15, -0.1) is 0 Å². The van der Waals surface area contributed by atoms with E-state index in [0.717, 1.165) is 11.3 Å². The average molecular weight is 408 g/mol. The Kier molecular flexibility index (Phi) is 5.47. The lowest BCUT2D eigenvalue weighted by atomic mass is 9.90. The Bertz CT molecular complexity index is 898. The molecule has 1 aliphatic rings. The van der Waals surface area contributed by atoms with Gasteiger partial charge in [-0.05, 0) is 43.7 Å². The molecule has 7 heteroatoms. The zero-order valence-electron chi connectivity index (χ0n) is 15.0. The standard InChI is InChI=1S/C20H19Cl2NO4/c1-3-27-14-6-4-13(5-7-14)11-23-18-16(22)9-8-15(21)17(18)20(26,19(23)25)10-12(2)24/h4-9,26H,3,10-11H2,1-2H3. The third-order valence-corrected chi connectivity index (χ3v) is 5.06. The Morgan fingerprint density at radius 1 is 1.15 bits per heavy atom. The number of carbonyl (C=O) groups is 2. The summed E-state index contributed by atoms with van der Waals surface area (Å²) in [5, 5.41) is 11.6. The maximum atomic E-state index is 13.1. The molecule has 27 heavy (non-hydrogen) atoms. The first kappa shape index (κ1) is 19.7. The van der Waals surface area contributed by atoms with Crippen molar-refractivity contribution in [3.05, 3.63) is 57.6 Å². The Hall–Kier alpha value is -2.08. The predicted octanol–water partition coefficient (Wildman–Crippen LogP) is 4.11. The van der Waals surface area contributed by atoms with Crippen LogP contribution in [0.1, 0.15) is 31.4 Å². The van der Waals surface area contributed by atoms with E-state index < -0.39 is 11.5 Å². The number of ketones is 1. The van der Waals surface area contributed by atoms with E-state index in [9.17, 15) is 14.7 Å². The van der Waals surface area contributed by atoms with Gasteiger partial charge in [-0.1, -0.05) is 35.3 Å². The van der Waals surface area contributed by atoms with E-state index in [0.29, 0.717) is 12.3 Å². The first-order chi connectivity index (χ1) is 12.8. The quantitative estimate of drug-likeness (QED) is 0.782. The van der Waals surface area contributed by atoms with Crippen LogP contribution >= 0.6 is 23.2 Å². The van der Waals surface area contributed by atoms with E-state index in [1.54, 1.807) is 6.07 Å². The van der Waals surface area contributed by atoms with Crippen molar-refractivity contribution >= 4 is 40.6 Å². The molecule has 1 atom stereocenters. The Labute approximate surface area is 167 Å². The second-order valence-corrected chi connectivity index (χ2v) is 7.27. The van der Waals surface area contributed by atoms with E-state index in [4.69, 9.17) is 27.9 Å². The Morgan fingerprint density at radius 2 is 1.78 bits per heavy atom. The van der Waals surface area contributed by atoms with Crippen LogP contribution in [0.5, 0.6) is 5.75 Å². The second kappa shape index (κ2) is 7.50. The molecule has 1 N–H and O–H groups in total. The molecule has 1 unspecified atom stereocenters. The number of carbonyl (C=O) groups excluding carboxylic acids is 2. The zero-order chi connectivity index (χ0) is 19.8. The SMILES string of the molecule is CCOc1ccc(CN2C(=O)C(O)(CC(C)=O)c3c(Cl)ccc(Cl)c32)cc1. The number of ether oxygens (including phenoxy) is 1. The van der Waals surface area contributed by atoms with Gasteiger partial charge in [0.1, 0.15) is 11.5 Å². The first-order valence-electron chi connectivity index (χ1n) is 8.52. The summed E-state index contributed by atoms with van der Waals surface area (Å²) >= 11 is 12.6. The van der Waals surface area contributed by atoms with E-state index in [1.165, 1.54) is 17.9 Å². The smallest absolute Gasteiger partial charge is 0.264 e. The lowest BCUT2D eigenvalue weighted by molar-refractivity contribution is -0.141. The van der Waals surface area contributed by atoms with Crippen LogP contribution in [0.4, 0.5) is 5.69 Å². The number of hydrogen-bond donors (Lipinski definition) is 1. The molecule has 1 aliphatic heterocycles. The number of hydrogen-bond acceptors (Lipinski definition) is 4. The summed E-state index contributed by atoms with van der Waals surface area (Å²) in [5.74, 6) is -0.212. The predicted molar refractivity (Wildman–Crippen MR) is 104 cm³/mol. The normalized spacial score (nSPS) is 18.6. The lowest BCUT2D eigenvalue weighted by Crippen LogP contribution is -2.41. The summed E-state index contributed by atoms with van der Waals surface area (Å²) in [6.07, 6.45) is -0.362. The van der Waals surface area contributed by atoms with Crippen LogP contribution in [0.3, 0.4) is 0 Å². The summed E-state index contributed by atoms with van der Waals surface area (Å²) in [6.45, 7) is 3.95. The van der Waals surface area contributed by atoms with E-state index in [2.05, 4.69) is 0 Å². The van der Waals surface area contributed by atoms with Crippen LogP contribution in [0, 0.1) is 0 Å². The fraction of sp³-hybridized carbons (Fsp3) is 0.300. The molecule has 0 aromatic heterocycles. The van der Waals surface area contributed by atoms with E-state index >= 15 is 0 Å². The van der Waals surface area contributed by atoms with E-state index in [1.807, 2.05) is 31.2 Å². The van der Waals surface area contributed by atoms with Gasteiger partial charge < -0.3 is 14.7 Å². The summed E-state index contributed by atoms with van der Waals surface area (Å²) < 4.78 is 5.42. The highest BCUT2D eigenvalue weighted by Crippen LogP contribution is 2.50. The zero-order valence-corrected chi connectivity index (χ0v) is 16.5. The molecule has 0 spiro atoms. The van der Waals surface area contributed by atoms with Crippen molar-refractivity contribution in [1.82, 2.24) is 0 Å². The molecule has 0 saturated carbocycles. The number of aliphatic hydroxyl groups is 1. The maximum Gasteiger partial charge on any atom is 0.264 e. The fourth-order valence-electron chi connectivity index (χ4n) is 3.35. The molecule has 2 aromatic rings. The van der Waals surface area contributed by atoms with Crippen molar-refractivity contribution < 1.29 is 19.4 Å². The molecule has 0 radical (unpaired) electrons. The van der Waals surface area contributed by atoms with Crippen LogP contribution in [0.2, 0.25) is 10.0 Å². The molecule has 0 aliphatic carbocycles. The Balaban J connectivity index is 2.03. The molecule has 3 rings (SSSR count). The first-order valence-corrected chi connectivity index (χ1v) is 9.27. The molecule has 142 valence electrons. The summed E-state index contributed by atoms with van der Waals surface area (Å²) in [4.78, 5) is 26.2. The lowest BCUT2D eigenvalue weighted by Gasteiger charge is -2.22. The van der Waals surface area contributed by atoms with Crippen molar-refractivity contribution in [2.45, 2.75) is 32.4 Å². The monoisotopic (exact) mass is 407 g/mol. The number of rotatable bonds is 6. The van der Waals surface area contributed by atoms with Gasteiger partial charge >= 0.3 is 0 Å². The Morgan fingerprint density at radius 3 is 2.37 bits per heavy atom. The number of anilines is 1. The number of Topliss-reactive ketones (excluding diaryl/α,β-unsaturated/α-hetero) is 1. The van der Waals surface area contributed by atoms with Crippen molar-refractivity contribution in [3.8, 4) is 5.75 Å². The van der Waals surface area contributed by atoms with Crippen molar-refractivity contribution in [2.75, 3.05) is 11.5 Å². The maximum absolute atomic E-state index is 13.1. The molecular weight excluding hydrogens is 389 g/mol. The van der Waals surface area contributed by atoms with Gasteiger partial charge in [0.05, 0.1) is 23.9 Å². The molecule has 2 aromatic carbocycles. The van der Waals surface area contributed by atoms with Crippen LogP contribution in [-0.4, -0.2) is 23.4 Å². The van der Waals surface area contributed by atoms with Gasteiger partial charge in [0, 0.05) is 17.0 Å². The number of fused-ring (bicyclic) bond motifs is 1. The minimum Gasteiger partial charge on any atom is -0.494 e. The highest BCUT2D eigenvalue weighted by Gasteiger charge is 2.52. The molecular formula is C20H19Cl2NO4. The van der Waals surface area contributed by atoms with Crippen molar-refractivity contribution in [2.24, 2.45) is 0 Å². The van der Waals surface area contributed by atoms with Gasteiger partial charge in [0.2, 0.25) is 0 Å². The molecule has 5 nitrogen and oxygen atoms in total. The number of benzene rings is 2. The summed E-state index contributed by atoms with van der Waals surface area (Å²) in [5.41, 5.74) is -0.676. The van der Waals surface area contributed by atoms with E-state index in [-0.39, 0.29) is 34.4 Å². The molecule has 1 heterocycles.